The van der Waals surface area contributed by atoms with Gasteiger partial charge in [0.25, 0.3) is 0 Å². The van der Waals surface area contributed by atoms with Gasteiger partial charge in [-0.1, -0.05) is 34.1 Å². The van der Waals surface area contributed by atoms with Gasteiger partial charge < -0.3 is 5.32 Å². The molecule has 17 heavy (non-hydrogen) atoms. The molecule has 0 amide bonds. The van der Waals surface area contributed by atoms with Crippen LogP contribution in [0.2, 0.25) is 0 Å². The summed E-state index contributed by atoms with van der Waals surface area (Å²) in [5.74, 6) is 1.92. The summed E-state index contributed by atoms with van der Waals surface area (Å²) >= 11 is 0. The number of nitrogens with one attached hydrogen (secondary N) is 1. The first-order valence-electron chi connectivity index (χ1n) is 6.59. The van der Waals surface area contributed by atoms with Crippen LogP contribution in [-0.2, 0) is 11.8 Å². The van der Waals surface area contributed by atoms with Gasteiger partial charge in [0, 0.05) is 24.4 Å². The number of hydrogen-bond acceptors (Lipinski definition) is 3. The van der Waals surface area contributed by atoms with Gasteiger partial charge in [-0.15, -0.1) is 0 Å². The van der Waals surface area contributed by atoms with Crippen molar-refractivity contribution >= 4 is 5.82 Å². The molecule has 0 radical (unpaired) electrons. The van der Waals surface area contributed by atoms with Crippen LogP contribution in [0.4, 0.5) is 5.82 Å². The minimum absolute atomic E-state index is 0.0775. The van der Waals surface area contributed by atoms with Gasteiger partial charge in [0.15, 0.2) is 0 Å². The summed E-state index contributed by atoms with van der Waals surface area (Å²) in [7, 11) is 0. The molecule has 0 saturated heterocycles. The number of aryl methyl sites for hydroxylation is 1. The molecule has 0 bridgehead atoms. The number of nitrogens with zero attached hydrogens (tertiary/aromatic N) is 2. The molecule has 0 aliphatic rings. The Bertz CT molecular complexity index is 353. The van der Waals surface area contributed by atoms with Crippen LogP contribution in [0, 0.1) is 0 Å². The minimum atomic E-state index is 0.0775. The first kappa shape index (κ1) is 13.9. The molecule has 1 aromatic rings. The van der Waals surface area contributed by atoms with Gasteiger partial charge in [0.2, 0.25) is 0 Å². The summed E-state index contributed by atoms with van der Waals surface area (Å²) < 4.78 is 0. The van der Waals surface area contributed by atoms with Crippen LogP contribution < -0.4 is 5.32 Å². The average molecular weight is 235 g/mol. The second kappa shape index (κ2) is 5.99. The number of unbranched alkanes of at least 4 members (excludes halogenated alkanes) is 1. The zero-order chi connectivity index (χ0) is 12.9. The van der Waals surface area contributed by atoms with Gasteiger partial charge in [0.05, 0.1) is 5.69 Å². The molecule has 0 saturated carbocycles. The molecule has 0 atom stereocenters. The number of aromatic nitrogens is 2. The Hall–Kier alpha value is -1.12. The normalized spacial score (nSPS) is 11.6. The molecule has 1 heterocycles. The molecule has 0 aliphatic heterocycles. The highest BCUT2D eigenvalue weighted by Crippen LogP contribution is 2.22. The summed E-state index contributed by atoms with van der Waals surface area (Å²) in [6.07, 6.45) is 3.30. The van der Waals surface area contributed by atoms with Crippen molar-refractivity contribution in [2.75, 3.05) is 11.9 Å². The third-order valence-electron chi connectivity index (χ3n) is 2.65. The van der Waals surface area contributed by atoms with Crippen molar-refractivity contribution in [2.24, 2.45) is 0 Å². The summed E-state index contributed by atoms with van der Waals surface area (Å²) in [5.41, 5.74) is 1.20. The van der Waals surface area contributed by atoms with E-state index in [1.807, 2.05) is 0 Å². The molecular weight excluding hydrogens is 210 g/mol. The van der Waals surface area contributed by atoms with Gasteiger partial charge in [-0.25, -0.2) is 9.97 Å². The Kier molecular flexibility index (Phi) is 4.91. The molecule has 1 aromatic heterocycles. The fourth-order valence-electron chi connectivity index (χ4n) is 1.60. The van der Waals surface area contributed by atoms with Gasteiger partial charge in [-0.2, -0.15) is 0 Å². The summed E-state index contributed by atoms with van der Waals surface area (Å²) in [5, 5.41) is 3.29. The summed E-state index contributed by atoms with van der Waals surface area (Å²) in [6.45, 7) is 11.7. The fraction of sp³-hybridized carbons (Fsp3) is 0.714. The van der Waals surface area contributed by atoms with Crippen molar-refractivity contribution in [3.63, 3.8) is 0 Å². The van der Waals surface area contributed by atoms with E-state index in [2.05, 4.69) is 56.0 Å². The van der Waals surface area contributed by atoms with Gasteiger partial charge in [-0.3, -0.25) is 0 Å². The van der Waals surface area contributed by atoms with E-state index in [0.29, 0.717) is 0 Å². The van der Waals surface area contributed by atoms with Crippen LogP contribution in [-0.4, -0.2) is 16.5 Å². The van der Waals surface area contributed by atoms with Crippen LogP contribution in [0.3, 0.4) is 0 Å². The van der Waals surface area contributed by atoms with Crippen LogP contribution >= 0.6 is 0 Å². The Morgan fingerprint density at radius 3 is 2.41 bits per heavy atom. The maximum atomic E-state index is 4.67. The molecule has 96 valence electrons. The van der Waals surface area contributed by atoms with Gasteiger partial charge in [0.1, 0.15) is 11.6 Å². The van der Waals surface area contributed by atoms with Crippen LogP contribution in [0.15, 0.2) is 6.07 Å². The smallest absolute Gasteiger partial charge is 0.131 e. The van der Waals surface area contributed by atoms with Crippen molar-refractivity contribution in [3.8, 4) is 0 Å². The quantitative estimate of drug-likeness (QED) is 0.848. The van der Waals surface area contributed by atoms with Crippen molar-refractivity contribution < 1.29 is 0 Å². The number of anilines is 1. The van der Waals surface area contributed by atoms with E-state index in [1.165, 1.54) is 6.42 Å². The highest BCUT2D eigenvalue weighted by molar-refractivity contribution is 5.37. The molecule has 3 heteroatoms. The van der Waals surface area contributed by atoms with Crippen molar-refractivity contribution in [2.45, 2.75) is 59.3 Å². The predicted octanol–water partition coefficient (Wildman–Crippen LogP) is 3.55. The van der Waals surface area contributed by atoms with E-state index in [1.54, 1.807) is 0 Å². The number of hydrogen-bond donors (Lipinski definition) is 1. The van der Waals surface area contributed by atoms with E-state index in [9.17, 15) is 0 Å². The molecule has 0 fully saturated rings. The van der Waals surface area contributed by atoms with Crippen LogP contribution in [0.5, 0.6) is 0 Å². The lowest BCUT2D eigenvalue weighted by atomic mass is 9.92. The lowest BCUT2D eigenvalue weighted by molar-refractivity contribution is 0.560. The van der Waals surface area contributed by atoms with Gasteiger partial charge in [-0.05, 0) is 13.3 Å². The van der Waals surface area contributed by atoms with E-state index >= 15 is 0 Å². The Labute approximate surface area is 105 Å². The van der Waals surface area contributed by atoms with Crippen molar-refractivity contribution in [3.05, 3.63) is 17.6 Å². The maximum absolute atomic E-state index is 4.67. The minimum Gasteiger partial charge on any atom is -0.370 e. The van der Waals surface area contributed by atoms with E-state index in [0.717, 1.165) is 36.7 Å². The fourth-order valence-corrected chi connectivity index (χ4v) is 1.60. The Balaban J connectivity index is 3.01. The van der Waals surface area contributed by atoms with E-state index < -0.39 is 0 Å². The van der Waals surface area contributed by atoms with Crippen molar-refractivity contribution in [1.29, 1.82) is 0 Å². The monoisotopic (exact) mass is 235 g/mol. The standard InChI is InChI=1S/C14H25N3/c1-6-8-9-12-16-11(14(3,4)5)10-13(17-12)15-7-2/h10H,6-9H2,1-5H3,(H,15,16,17). The second-order valence-electron chi connectivity index (χ2n) is 5.44. The first-order valence-corrected chi connectivity index (χ1v) is 6.59. The third-order valence-corrected chi connectivity index (χ3v) is 2.65. The summed E-state index contributed by atoms with van der Waals surface area (Å²) in [4.78, 5) is 9.23. The SMILES string of the molecule is CCCCc1nc(NCC)cc(C(C)(C)C)n1. The Morgan fingerprint density at radius 2 is 1.88 bits per heavy atom. The van der Waals surface area contributed by atoms with E-state index in [4.69, 9.17) is 0 Å². The lowest BCUT2D eigenvalue weighted by Crippen LogP contribution is -2.17. The molecule has 1 rings (SSSR count). The van der Waals surface area contributed by atoms with Crippen LogP contribution in [0.25, 0.3) is 0 Å². The maximum Gasteiger partial charge on any atom is 0.131 e. The largest absolute Gasteiger partial charge is 0.370 e. The molecule has 0 spiro atoms. The highest BCUT2D eigenvalue weighted by atomic mass is 15.0. The molecule has 0 unspecified atom stereocenters. The lowest BCUT2D eigenvalue weighted by Gasteiger charge is -2.19. The zero-order valence-electron chi connectivity index (χ0n) is 11.8. The zero-order valence-corrected chi connectivity index (χ0v) is 11.8. The molecular formula is C14H25N3. The van der Waals surface area contributed by atoms with Gasteiger partial charge >= 0.3 is 0 Å². The van der Waals surface area contributed by atoms with E-state index in [-0.39, 0.29) is 5.41 Å². The molecule has 0 aromatic carbocycles. The topological polar surface area (TPSA) is 37.8 Å². The van der Waals surface area contributed by atoms with Crippen LogP contribution in [0.1, 0.15) is 59.0 Å². The highest BCUT2D eigenvalue weighted by Gasteiger charge is 2.17. The molecule has 1 N–H and O–H groups in total. The second-order valence-corrected chi connectivity index (χ2v) is 5.44. The average Bonchev–Trinajstić information content (AvgIpc) is 2.25. The molecule has 0 aliphatic carbocycles. The van der Waals surface area contributed by atoms with Crippen molar-refractivity contribution in [1.82, 2.24) is 9.97 Å². The Morgan fingerprint density at radius 1 is 1.18 bits per heavy atom. The number of rotatable bonds is 5. The summed E-state index contributed by atoms with van der Waals surface area (Å²) in [6, 6.07) is 2.07. The first-order chi connectivity index (χ1) is 7.97. The third kappa shape index (κ3) is 4.33. The predicted molar refractivity (Wildman–Crippen MR) is 73.5 cm³/mol. The molecule has 3 nitrogen and oxygen atoms in total.